The first-order valence-electron chi connectivity index (χ1n) is 6.37. The van der Waals surface area contributed by atoms with Crippen LogP contribution in [0, 0.1) is 0 Å². The molecule has 2 saturated heterocycles. The zero-order chi connectivity index (χ0) is 10.7. The number of likely N-dealkylation sites (tertiary alicyclic amines) is 2. The summed E-state index contributed by atoms with van der Waals surface area (Å²) in [6, 6.07) is 1.47. The SMILES string of the molecule is CN1CCCC(NC2CCCN(C)C2)C1. The Kier molecular flexibility index (Phi) is 4.00. The van der Waals surface area contributed by atoms with Gasteiger partial charge in [-0.2, -0.15) is 0 Å². The fraction of sp³-hybridized carbons (Fsp3) is 1.00. The lowest BCUT2D eigenvalue weighted by molar-refractivity contribution is 0.176. The molecule has 2 aliphatic heterocycles. The Balaban J connectivity index is 1.75. The molecule has 0 bridgehead atoms. The van der Waals surface area contributed by atoms with Crippen molar-refractivity contribution in [1.29, 1.82) is 0 Å². The molecule has 2 rings (SSSR count). The molecule has 0 saturated carbocycles. The Morgan fingerprint density at radius 3 is 1.73 bits per heavy atom. The van der Waals surface area contributed by atoms with E-state index in [1.165, 1.54) is 51.9 Å². The van der Waals surface area contributed by atoms with Gasteiger partial charge in [-0.05, 0) is 52.9 Å². The van der Waals surface area contributed by atoms with Crippen molar-refractivity contribution < 1.29 is 0 Å². The maximum Gasteiger partial charge on any atom is 0.0198 e. The fourth-order valence-corrected chi connectivity index (χ4v) is 2.94. The second kappa shape index (κ2) is 5.28. The van der Waals surface area contributed by atoms with Gasteiger partial charge < -0.3 is 15.1 Å². The molecule has 0 aromatic carbocycles. The number of piperidine rings is 2. The van der Waals surface area contributed by atoms with E-state index in [1.54, 1.807) is 0 Å². The largest absolute Gasteiger partial charge is 0.309 e. The quantitative estimate of drug-likeness (QED) is 0.728. The van der Waals surface area contributed by atoms with Gasteiger partial charge in [-0.1, -0.05) is 0 Å². The Morgan fingerprint density at radius 1 is 0.867 bits per heavy atom. The predicted molar refractivity (Wildman–Crippen MR) is 64.2 cm³/mol. The van der Waals surface area contributed by atoms with Gasteiger partial charge >= 0.3 is 0 Å². The minimum absolute atomic E-state index is 0.736. The molecule has 3 nitrogen and oxygen atoms in total. The minimum atomic E-state index is 0.736. The summed E-state index contributed by atoms with van der Waals surface area (Å²) < 4.78 is 0. The summed E-state index contributed by atoms with van der Waals surface area (Å²) in [6.45, 7) is 5.03. The maximum absolute atomic E-state index is 3.84. The molecule has 1 N–H and O–H groups in total. The molecule has 2 unspecified atom stereocenters. The number of hydrogen-bond donors (Lipinski definition) is 1. The first-order valence-corrected chi connectivity index (χ1v) is 6.37. The maximum atomic E-state index is 3.84. The van der Waals surface area contributed by atoms with Gasteiger partial charge in [0, 0.05) is 25.2 Å². The van der Waals surface area contributed by atoms with Crippen LogP contribution in [0.3, 0.4) is 0 Å². The lowest BCUT2D eigenvalue weighted by Crippen LogP contribution is -2.52. The summed E-state index contributed by atoms with van der Waals surface area (Å²) in [7, 11) is 4.47. The van der Waals surface area contributed by atoms with E-state index in [9.17, 15) is 0 Å². The molecule has 2 aliphatic rings. The number of hydrogen-bond acceptors (Lipinski definition) is 3. The Morgan fingerprint density at radius 2 is 1.33 bits per heavy atom. The van der Waals surface area contributed by atoms with Crippen LogP contribution in [0.2, 0.25) is 0 Å². The third-order valence-corrected chi connectivity index (χ3v) is 3.72. The van der Waals surface area contributed by atoms with E-state index in [4.69, 9.17) is 0 Å². The summed E-state index contributed by atoms with van der Waals surface area (Å²) in [5.74, 6) is 0. The van der Waals surface area contributed by atoms with Gasteiger partial charge in [0.25, 0.3) is 0 Å². The van der Waals surface area contributed by atoms with Gasteiger partial charge in [0.1, 0.15) is 0 Å². The molecule has 0 aliphatic carbocycles. The van der Waals surface area contributed by atoms with E-state index in [2.05, 4.69) is 29.2 Å². The van der Waals surface area contributed by atoms with Crippen LogP contribution in [0.25, 0.3) is 0 Å². The zero-order valence-corrected chi connectivity index (χ0v) is 10.2. The van der Waals surface area contributed by atoms with E-state index in [0.717, 1.165) is 12.1 Å². The molecule has 0 amide bonds. The van der Waals surface area contributed by atoms with Gasteiger partial charge in [0.15, 0.2) is 0 Å². The van der Waals surface area contributed by atoms with E-state index in [-0.39, 0.29) is 0 Å². The van der Waals surface area contributed by atoms with E-state index in [1.807, 2.05) is 0 Å². The van der Waals surface area contributed by atoms with Crippen LogP contribution in [-0.2, 0) is 0 Å². The molecular weight excluding hydrogens is 186 g/mol. The lowest BCUT2D eigenvalue weighted by atomic mass is 10.0. The standard InChI is InChI=1S/C12H25N3/c1-14-7-3-5-11(9-14)13-12-6-4-8-15(2)10-12/h11-13H,3-10H2,1-2H3. The van der Waals surface area contributed by atoms with Crippen LogP contribution >= 0.6 is 0 Å². The van der Waals surface area contributed by atoms with Crippen LogP contribution in [-0.4, -0.2) is 62.2 Å². The molecule has 2 atom stereocenters. The number of nitrogens with one attached hydrogen (secondary N) is 1. The molecule has 2 heterocycles. The minimum Gasteiger partial charge on any atom is -0.309 e. The van der Waals surface area contributed by atoms with E-state index >= 15 is 0 Å². The van der Waals surface area contributed by atoms with Crippen molar-refractivity contribution in [2.45, 2.75) is 37.8 Å². The van der Waals surface area contributed by atoms with Crippen LogP contribution < -0.4 is 5.32 Å². The first-order chi connectivity index (χ1) is 7.24. The van der Waals surface area contributed by atoms with Crippen molar-refractivity contribution in [3.05, 3.63) is 0 Å². The number of likely N-dealkylation sites (N-methyl/N-ethyl adjacent to an activating group) is 2. The van der Waals surface area contributed by atoms with Crippen molar-refractivity contribution in [3.8, 4) is 0 Å². The summed E-state index contributed by atoms with van der Waals surface area (Å²) in [5, 5.41) is 3.84. The fourth-order valence-electron chi connectivity index (χ4n) is 2.94. The van der Waals surface area contributed by atoms with Crippen LogP contribution in [0.5, 0.6) is 0 Å². The normalized spacial score (nSPS) is 35.6. The van der Waals surface area contributed by atoms with Crippen molar-refractivity contribution in [2.24, 2.45) is 0 Å². The summed E-state index contributed by atoms with van der Waals surface area (Å²) >= 11 is 0. The van der Waals surface area contributed by atoms with Gasteiger partial charge in [0.05, 0.1) is 0 Å². The van der Waals surface area contributed by atoms with Crippen molar-refractivity contribution in [3.63, 3.8) is 0 Å². The topological polar surface area (TPSA) is 18.5 Å². The molecule has 3 heteroatoms. The number of nitrogens with zero attached hydrogens (tertiary/aromatic N) is 2. The molecule has 2 fully saturated rings. The average molecular weight is 211 g/mol. The van der Waals surface area contributed by atoms with E-state index < -0.39 is 0 Å². The van der Waals surface area contributed by atoms with Crippen LogP contribution in [0.1, 0.15) is 25.7 Å². The zero-order valence-electron chi connectivity index (χ0n) is 10.2. The second-order valence-corrected chi connectivity index (χ2v) is 5.37. The molecule has 15 heavy (non-hydrogen) atoms. The van der Waals surface area contributed by atoms with Crippen molar-refractivity contribution >= 4 is 0 Å². The highest BCUT2D eigenvalue weighted by molar-refractivity contribution is 4.83. The average Bonchev–Trinajstić information content (AvgIpc) is 2.17. The van der Waals surface area contributed by atoms with Gasteiger partial charge in [-0.3, -0.25) is 0 Å². The summed E-state index contributed by atoms with van der Waals surface area (Å²) in [5.41, 5.74) is 0. The predicted octanol–water partition coefficient (Wildman–Crippen LogP) is 0.764. The third kappa shape index (κ3) is 3.44. The second-order valence-electron chi connectivity index (χ2n) is 5.37. The molecule has 0 radical (unpaired) electrons. The molecule has 0 spiro atoms. The van der Waals surface area contributed by atoms with Gasteiger partial charge in [-0.25, -0.2) is 0 Å². The Bertz CT molecular complexity index is 175. The molecule has 0 aromatic rings. The van der Waals surface area contributed by atoms with Crippen molar-refractivity contribution in [1.82, 2.24) is 15.1 Å². The van der Waals surface area contributed by atoms with Crippen LogP contribution in [0.15, 0.2) is 0 Å². The van der Waals surface area contributed by atoms with Crippen LogP contribution in [0.4, 0.5) is 0 Å². The highest BCUT2D eigenvalue weighted by Gasteiger charge is 2.22. The first kappa shape index (κ1) is 11.4. The highest BCUT2D eigenvalue weighted by Crippen LogP contribution is 2.13. The Hall–Kier alpha value is -0.120. The molecule has 88 valence electrons. The van der Waals surface area contributed by atoms with Crippen molar-refractivity contribution in [2.75, 3.05) is 40.3 Å². The smallest absolute Gasteiger partial charge is 0.0198 e. The van der Waals surface area contributed by atoms with E-state index in [0.29, 0.717) is 0 Å². The highest BCUT2D eigenvalue weighted by atomic mass is 15.2. The lowest BCUT2D eigenvalue weighted by Gasteiger charge is -2.36. The Labute approximate surface area is 93.8 Å². The van der Waals surface area contributed by atoms with Gasteiger partial charge in [0.2, 0.25) is 0 Å². The number of rotatable bonds is 2. The summed E-state index contributed by atoms with van der Waals surface area (Å²) in [4.78, 5) is 4.90. The summed E-state index contributed by atoms with van der Waals surface area (Å²) in [6.07, 6.45) is 5.45. The molecular formula is C12H25N3. The van der Waals surface area contributed by atoms with Gasteiger partial charge in [-0.15, -0.1) is 0 Å². The third-order valence-electron chi connectivity index (χ3n) is 3.72. The molecule has 0 aromatic heterocycles. The monoisotopic (exact) mass is 211 g/mol.